The third kappa shape index (κ3) is 3.31. The van der Waals surface area contributed by atoms with Crippen LogP contribution in [0.3, 0.4) is 0 Å². The first-order valence-electron chi connectivity index (χ1n) is 6.09. The molecule has 0 aliphatic carbocycles. The number of aliphatic carboxylic acids is 1. The highest BCUT2D eigenvalue weighted by Gasteiger charge is 2.27. The fraction of sp³-hybridized carbons (Fsp3) is 0.500. The van der Waals surface area contributed by atoms with Gasteiger partial charge in [-0.1, -0.05) is 38.1 Å². The molecular weight excluding hydrogens is 228 g/mol. The zero-order chi connectivity index (χ0) is 13.9. The Morgan fingerprint density at radius 2 is 1.61 bits per heavy atom. The van der Waals surface area contributed by atoms with Crippen LogP contribution in [0.15, 0.2) is 24.3 Å². The van der Waals surface area contributed by atoms with Gasteiger partial charge in [0.05, 0.1) is 6.04 Å². The van der Waals surface area contributed by atoms with Gasteiger partial charge in [-0.25, -0.2) is 0 Å². The van der Waals surface area contributed by atoms with Crippen LogP contribution < -0.4 is 5.73 Å². The highest BCUT2D eigenvalue weighted by atomic mass is 16.4. The van der Waals surface area contributed by atoms with Crippen molar-refractivity contribution in [1.29, 1.82) is 0 Å². The molecule has 0 amide bonds. The number of carboxylic acid groups (broad SMARTS) is 1. The van der Waals surface area contributed by atoms with Crippen LogP contribution in [0.5, 0.6) is 0 Å². The van der Waals surface area contributed by atoms with Crippen LogP contribution in [0.25, 0.3) is 0 Å². The monoisotopic (exact) mass is 250 g/mol. The first-order chi connectivity index (χ1) is 8.34. The van der Waals surface area contributed by atoms with Crippen molar-refractivity contribution in [3.63, 3.8) is 0 Å². The van der Waals surface area contributed by atoms with Gasteiger partial charge in [0.15, 0.2) is 0 Å². The zero-order valence-electron chi connectivity index (χ0n) is 11.4. The van der Waals surface area contributed by atoms with E-state index in [0.717, 1.165) is 5.56 Å². The molecule has 0 heterocycles. The number of carbonyl (C=O) groups is 1. The van der Waals surface area contributed by atoms with E-state index in [2.05, 4.69) is 13.8 Å². The molecule has 0 aliphatic heterocycles. The second-order valence-electron chi connectivity index (χ2n) is 5.09. The minimum Gasteiger partial charge on any atom is -0.480 e. The smallest absolute Gasteiger partial charge is 0.322 e. The lowest BCUT2D eigenvalue weighted by atomic mass is 9.95. The average Bonchev–Trinajstić information content (AvgIpc) is 2.29. The van der Waals surface area contributed by atoms with Crippen LogP contribution >= 0.6 is 0 Å². The molecule has 2 atom stereocenters. The molecule has 1 aromatic rings. The van der Waals surface area contributed by atoms with Gasteiger partial charge >= 0.3 is 5.97 Å². The second kappa shape index (κ2) is 5.98. The van der Waals surface area contributed by atoms with E-state index in [1.165, 1.54) is 5.56 Å². The SMILES string of the molecule is CC(C)c1ccc(C(C(N)C(=O)O)N(C)C)cc1. The second-order valence-corrected chi connectivity index (χ2v) is 5.09. The van der Waals surface area contributed by atoms with Gasteiger partial charge in [-0.3, -0.25) is 4.79 Å². The van der Waals surface area contributed by atoms with Crippen molar-refractivity contribution in [2.45, 2.75) is 31.8 Å². The molecule has 0 saturated heterocycles. The molecule has 4 nitrogen and oxygen atoms in total. The van der Waals surface area contributed by atoms with E-state index in [1.54, 1.807) is 0 Å². The molecule has 100 valence electrons. The fourth-order valence-corrected chi connectivity index (χ4v) is 2.04. The molecule has 0 fully saturated rings. The molecular formula is C14H22N2O2. The largest absolute Gasteiger partial charge is 0.480 e. The number of nitrogens with zero attached hydrogens (tertiary/aromatic N) is 1. The van der Waals surface area contributed by atoms with E-state index in [-0.39, 0.29) is 6.04 Å². The fourth-order valence-electron chi connectivity index (χ4n) is 2.04. The van der Waals surface area contributed by atoms with Gasteiger partial charge in [-0.2, -0.15) is 0 Å². The predicted octanol–water partition coefficient (Wildman–Crippen LogP) is 1.82. The maximum Gasteiger partial charge on any atom is 0.322 e. The summed E-state index contributed by atoms with van der Waals surface area (Å²) in [5, 5.41) is 9.05. The minimum atomic E-state index is -0.985. The summed E-state index contributed by atoms with van der Waals surface area (Å²) in [5.74, 6) is -0.522. The quantitative estimate of drug-likeness (QED) is 0.836. The Hall–Kier alpha value is -1.39. The Morgan fingerprint density at radius 1 is 1.17 bits per heavy atom. The molecule has 3 N–H and O–H groups in total. The van der Waals surface area contributed by atoms with Crippen molar-refractivity contribution in [3.8, 4) is 0 Å². The Labute approximate surface area is 108 Å². The average molecular weight is 250 g/mol. The van der Waals surface area contributed by atoms with Crippen molar-refractivity contribution < 1.29 is 9.90 Å². The zero-order valence-corrected chi connectivity index (χ0v) is 11.4. The predicted molar refractivity (Wildman–Crippen MR) is 72.6 cm³/mol. The van der Waals surface area contributed by atoms with Gasteiger partial charge < -0.3 is 15.7 Å². The normalized spacial score (nSPS) is 14.8. The highest BCUT2D eigenvalue weighted by molar-refractivity contribution is 5.74. The molecule has 0 aromatic heterocycles. The number of likely N-dealkylation sites (N-methyl/N-ethyl adjacent to an activating group) is 1. The van der Waals surface area contributed by atoms with Crippen molar-refractivity contribution in [1.82, 2.24) is 4.90 Å². The lowest BCUT2D eigenvalue weighted by Gasteiger charge is -2.28. The summed E-state index contributed by atoms with van der Waals surface area (Å²) in [4.78, 5) is 12.9. The van der Waals surface area contributed by atoms with Crippen LogP contribution in [0, 0.1) is 0 Å². The number of benzene rings is 1. The molecule has 1 aromatic carbocycles. The Bertz CT molecular complexity index is 399. The molecule has 4 heteroatoms. The summed E-state index contributed by atoms with van der Waals surface area (Å²) >= 11 is 0. The summed E-state index contributed by atoms with van der Waals surface area (Å²) in [7, 11) is 3.67. The van der Waals surface area contributed by atoms with Crippen LogP contribution in [0.2, 0.25) is 0 Å². The van der Waals surface area contributed by atoms with Gasteiger partial charge in [-0.05, 0) is 31.1 Å². The van der Waals surface area contributed by atoms with Gasteiger partial charge in [-0.15, -0.1) is 0 Å². The molecule has 0 spiro atoms. The van der Waals surface area contributed by atoms with E-state index < -0.39 is 12.0 Å². The number of hydrogen-bond acceptors (Lipinski definition) is 3. The summed E-state index contributed by atoms with van der Waals surface area (Å²) in [6.07, 6.45) is 0. The van der Waals surface area contributed by atoms with Crippen LogP contribution in [-0.4, -0.2) is 36.1 Å². The van der Waals surface area contributed by atoms with Crippen molar-refractivity contribution >= 4 is 5.97 Å². The van der Waals surface area contributed by atoms with E-state index in [1.807, 2.05) is 43.3 Å². The lowest BCUT2D eigenvalue weighted by Crippen LogP contribution is -2.43. The van der Waals surface area contributed by atoms with Crippen LogP contribution in [-0.2, 0) is 4.79 Å². The third-order valence-corrected chi connectivity index (χ3v) is 3.13. The van der Waals surface area contributed by atoms with Crippen molar-refractivity contribution in [2.24, 2.45) is 5.73 Å². The maximum atomic E-state index is 11.0. The molecule has 0 radical (unpaired) electrons. The third-order valence-electron chi connectivity index (χ3n) is 3.13. The van der Waals surface area contributed by atoms with E-state index >= 15 is 0 Å². The summed E-state index contributed by atoms with van der Waals surface area (Å²) < 4.78 is 0. The lowest BCUT2D eigenvalue weighted by molar-refractivity contribution is -0.140. The van der Waals surface area contributed by atoms with Gasteiger partial charge in [0.1, 0.15) is 6.04 Å². The molecule has 0 saturated carbocycles. The Kier molecular flexibility index (Phi) is 4.87. The summed E-state index contributed by atoms with van der Waals surface area (Å²) in [5.41, 5.74) is 7.92. The first-order valence-corrected chi connectivity index (χ1v) is 6.09. The summed E-state index contributed by atoms with van der Waals surface area (Å²) in [6.45, 7) is 4.25. The molecule has 0 bridgehead atoms. The first kappa shape index (κ1) is 14.7. The number of rotatable bonds is 5. The molecule has 2 unspecified atom stereocenters. The van der Waals surface area contributed by atoms with E-state index in [0.29, 0.717) is 5.92 Å². The van der Waals surface area contributed by atoms with Gasteiger partial charge in [0.2, 0.25) is 0 Å². The summed E-state index contributed by atoms with van der Waals surface area (Å²) in [6, 6.07) is 6.75. The molecule has 18 heavy (non-hydrogen) atoms. The standard InChI is InChI=1S/C14H22N2O2/c1-9(2)10-5-7-11(8-6-10)13(16(3)4)12(15)14(17)18/h5-9,12-13H,15H2,1-4H3,(H,17,18). The topological polar surface area (TPSA) is 66.6 Å². The van der Waals surface area contributed by atoms with Gasteiger partial charge in [0.25, 0.3) is 0 Å². The van der Waals surface area contributed by atoms with E-state index in [4.69, 9.17) is 10.8 Å². The van der Waals surface area contributed by atoms with Crippen molar-refractivity contribution in [2.75, 3.05) is 14.1 Å². The Morgan fingerprint density at radius 3 is 1.94 bits per heavy atom. The van der Waals surface area contributed by atoms with Crippen molar-refractivity contribution in [3.05, 3.63) is 35.4 Å². The van der Waals surface area contributed by atoms with Gasteiger partial charge in [0, 0.05) is 0 Å². The number of carboxylic acids is 1. The maximum absolute atomic E-state index is 11.0. The highest BCUT2D eigenvalue weighted by Crippen LogP contribution is 2.23. The number of hydrogen-bond donors (Lipinski definition) is 2. The van der Waals surface area contributed by atoms with E-state index in [9.17, 15) is 4.79 Å². The Balaban J connectivity index is 3.03. The minimum absolute atomic E-state index is 0.316. The van der Waals surface area contributed by atoms with Crippen LogP contribution in [0.4, 0.5) is 0 Å². The van der Waals surface area contributed by atoms with Crippen LogP contribution in [0.1, 0.15) is 36.9 Å². The molecule has 1 rings (SSSR count). The number of nitrogens with two attached hydrogens (primary N) is 1. The molecule has 0 aliphatic rings.